The largest absolute Gasteiger partial charge is 0.478 e. The Hall–Kier alpha value is -3.02. The van der Waals surface area contributed by atoms with Crippen LogP contribution >= 0.6 is 0 Å². The Bertz CT molecular complexity index is 697. The fraction of sp³-hybridized carbons (Fsp3) is 0.0667. The summed E-state index contributed by atoms with van der Waals surface area (Å²) >= 11 is 0. The van der Waals surface area contributed by atoms with Crippen LogP contribution in [0.25, 0.3) is 6.08 Å². The van der Waals surface area contributed by atoms with Gasteiger partial charge in [0.2, 0.25) is 0 Å². The van der Waals surface area contributed by atoms with Crippen molar-refractivity contribution in [2.75, 3.05) is 5.32 Å². The normalized spacial score (nSPS) is 10.5. The van der Waals surface area contributed by atoms with Crippen molar-refractivity contribution in [3.05, 3.63) is 59.7 Å². The van der Waals surface area contributed by atoms with E-state index in [0.717, 1.165) is 17.2 Å². The molecule has 0 spiro atoms. The van der Waals surface area contributed by atoms with Gasteiger partial charge in [-0.3, -0.25) is 4.79 Å². The van der Waals surface area contributed by atoms with Gasteiger partial charge in [0, 0.05) is 24.2 Å². The molecule has 21 heavy (non-hydrogen) atoms. The number of nitrogens with zero attached hydrogens (tertiary/aromatic N) is 2. The number of nitrogens with one attached hydrogen (secondary N) is 1. The predicted octanol–water partition coefficient (Wildman–Crippen LogP) is 2.14. The van der Waals surface area contributed by atoms with Crippen LogP contribution in [0, 0.1) is 6.92 Å². The fourth-order valence-electron chi connectivity index (χ4n) is 1.71. The molecular formula is C15H13N3O3. The van der Waals surface area contributed by atoms with Gasteiger partial charge in [-0.05, 0) is 36.3 Å². The minimum Gasteiger partial charge on any atom is -0.478 e. The number of hydrogen-bond donors (Lipinski definition) is 2. The smallest absolute Gasteiger partial charge is 0.328 e. The first-order chi connectivity index (χ1) is 10.1. The van der Waals surface area contributed by atoms with Crippen molar-refractivity contribution in [2.24, 2.45) is 0 Å². The highest BCUT2D eigenvalue weighted by Gasteiger charge is 2.08. The maximum Gasteiger partial charge on any atom is 0.328 e. The summed E-state index contributed by atoms with van der Waals surface area (Å²) in [5.74, 6) is -1.30. The number of amides is 1. The van der Waals surface area contributed by atoms with Crippen molar-refractivity contribution in [1.29, 1.82) is 0 Å². The lowest BCUT2D eigenvalue weighted by atomic mass is 10.1. The fourth-order valence-corrected chi connectivity index (χ4v) is 1.71. The maximum atomic E-state index is 12.0. The SMILES string of the molecule is Cc1cc(/C=C/C(=O)O)ccc1NC(=O)c1cncnc1. The van der Waals surface area contributed by atoms with Gasteiger partial charge in [0.05, 0.1) is 5.56 Å². The number of aryl methyl sites for hydroxylation is 1. The molecular weight excluding hydrogens is 270 g/mol. The molecule has 2 rings (SSSR count). The highest BCUT2D eigenvalue weighted by atomic mass is 16.4. The van der Waals surface area contributed by atoms with Crippen molar-refractivity contribution in [3.63, 3.8) is 0 Å². The van der Waals surface area contributed by atoms with Gasteiger partial charge in [0.1, 0.15) is 6.33 Å². The van der Waals surface area contributed by atoms with Crippen LogP contribution in [-0.2, 0) is 4.79 Å². The van der Waals surface area contributed by atoms with E-state index in [1.807, 2.05) is 6.92 Å². The zero-order valence-corrected chi connectivity index (χ0v) is 11.3. The summed E-state index contributed by atoms with van der Waals surface area (Å²) in [6, 6.07) is 5.23. The van der Waals surface area contributed by atoms with Crippen molar-refractivity contribution in [2.45, 2.75) is 6.92 Å². The first-order valence-corrected chi connectivity index (χ1v) is 6.14. The Kier molecular flexibility index (Phi) is 4.40. The average molecular weight is 283 g/mol. The number of rotatable bonds is 4. The Balaban J connectivity index is 2.15. The highest BCUT2D eigenvalue weighted by Crippen LogP contribution is 2.18. The van der Waals surface area contributed by atoms with E-state index >= 15 is 0 Å². The van der Waals surface area contributed by atoms with Gasteiger partial charge in [0.25, 0.3) is 5.91 Å². The molecule has 0 fully saturated rings. The van der Waals surface area contributed by atoms with Gasteiger partial charge in [-0.1, -0.05) is 6.07 Å². The van der Waals surface area contributed by atoms with Crippen molar-refractivity contribution in [1.82, 2.24) is 9.97 Å². The summed E-state index contributed by atoms with van der Waals surface area (Å²) in [6.07, 6.45) is 6.77. The molecule has 0 bridgehead atoms. The highest BCUT2D eigenvalue weighted by molar-refractivity contribution is 6.04. The lowest BCUT2D eigenvalue weighted by molar-refractivity contribution is -0.131. The van der Waals surface area contributed by atoms with E-state index < -0.39 is 5.97 Å². The molecule has 2 aromatic rings. The van der Waals surface area contributed by atoms with E-state index in [9.17, 15) is 9.59 Å². The molecule has 1 aromatic carbocycles. The van der Waals surface area contributed by atoms with Crippen LogP contribution in [-0.4, -0.2) is 27.0 Å². The first kappa shape index (κ1) is 14.4. The summed E-state index contributed by atoms with van der Waals surface area (Å²) in [6.45, 7) is 1.83. The maximum absolute atomic E-state index is 12.0. The Labute approximate surface area is 121 Å². The summed E-state index contributed by atoms with van der Waals surface area (Å²) in [4.78, 5) is 30.0. The molecule has 6 heteroatoms. The van der Waals surface area contributed by atoms with Crippen LogP contribution in [0.15, 0.2) is 43.0 Å². The molecule has 106 valence electrons. The Morgan fingerprint density at radius 2 is 1.95 bits per heavy atom. The monoisotopic (exact) mass is 283 g/mol. The molecule has 0 aliphatic carbocycles. The second kappa shape index (κ2) is 6.42. The quantitative estimate of drug-likeness (QED) is 0.839. The van der Waals surface area contributed by atoms with Gasteiger partial charge in [-0.25, -0.2) is 14.8 Å². The topological polar surface area (TPSA) is 92.2 Å². The lowest BCUT2D eigenvalue weighted by Crippen LogP contribution is -2.13. The van der Waals surface area contributed by atoms with E-state index in [1.165, 1.54) is 24.8 Å². The molecule has 0 saturated heterocycles. The Morgan fingerprint density at radius 3 is 2.57 bits per heavy atom. The van der Waals surface area contributed by atoms with Crippen LogP contribution in [0.2, 0.25) is 0 Å². The zero-order chi connectivity index (χ0) is 15.2. The van der Waals surface area contributed by atoms with E-state index in [0.29, 0.717) is 11.3 Å². The molecule has 0 aliphatic rings. The van der Waals surface area contributed by atoms with Crippen molar-refractivity contribution >= 4 is 23.6 Å². The first-order valence-electron chi connectivity index (χ1n) is 6.14. The number of hydrogen-bond acceptors (Lipinski definition) is 4. The minimum absolute atomic E-state index is 0.299. The number of carbonyl (C=O) groups excluding carboxylic acids is 1. The van der Waals surface area contributed by atoms with Gasteiger partial charge in [-0.2, -0.15) is 0 Å². The van der Waals surface area contributed by atoms with Crippen molar-refractivity contribution < 1.29 is 14.7 Å². The van der Waals surface area contributed by atoms with Crippen LogP contribution in [0.1, 0.15) is 21.5 Å². The summed E-state index contributed by atoms with van der Waals surface area (Å²) in [5.41, 5.74) is 2.59. The number of carboxylic acids is 1. The van der Waals surface area contributed by atoms with E-state index in [1.54, 1.807) is 18.2 Å². The van der Waals surface area contributed by atoms with Gasteiger partial charge < -0.3 is 10.4 Å². The minimum atomic E-state index is -1.01. The van der Waals surface area contributed by atoms with Crippen LogP contribution in [0.3, 0.4) is 0 Å². The van der Waals surface area contributed by atoms with Crippen LogP contribution < -0.4 is 5.32 Å². The van der Waals surface area contributed by atoms with E-state index in [2.05, 4.69) is 15.3 Å². The van der Waals surface area contributed by atoms with Gasteiger partial charge in [0.15, 0.2) is 0 Å². The standard InChI is InChI=1S/C15H13N3O3/c1-10-6-11(3-5-14(19)20)2-4-13(10)18-15(21)12-7-16-9-17-8-12/h2-9H,1H3,(H,18,21)(H,19,20)/b5-3+. The van der Waals surface area contributed by atoms with E-state index in [4.69, 9.17) is 5.11 Å². The molecule has 1 heterocycles. The molecule has 0 saturated carbocycles. The van der Waals surface area contributed by atoms with Crippen molar-refractivity contribution in [3.8, 4) is 0 Å². The number of aromatic nitrogens is 2. The molecule has 0 unspecified atom stereocenters. The number of carbonyl (C=O) groups is 2. The van der Waals surface area contributed by atoms with Crippen LogP contribution in [0.4, 0.5) is 5.69 Å². The van der Waals surface area contributed by atoms with Gasteiger partial charge in [-0.15, -0.1) is 0 Å². The molecule has 0 aliphatic heterocycles. The third-order valence-corrected chi connectivity index (χ3v) is 2.74. The average Bonchev–Trinajstić information content (AvgIpc) is 2.48. The zero-order valence-electron chi connectivity index (χ0n) is 11.3. The summed E-state index contributed by atoms with van der Waals surface area (Å²) < 4.78 is 0. The predicted molar refractivity (Wildman–Crippen MR) is 77.8 cm³/mol. The molecule has 0 radical (unpaired) electrons. The van der Waals surface area contributed by atoms with E-state index in [-0.39, 0.29) is 5.91 Å². The van der Waals surface area contributed by atoms with Gasteiger partial charge >= 0.3 is 5.97 Å². The molecule has 2 N–H and O–H groups in total. The lowest BCUT2D eigenvalue weighted by Gasteiger charge is -2.08. The second-order valence-corrected chi connectivity index (χ2v) is 4.33. The van der Waals surface area contributed by atoms with Crippen LogP contribution in [0.5, 0.6) is 0 Å². The molecule has 0 atom stereocenters. The third-order valence-electron chi connectivity index (χ3n) is 2.74. The third kappa shape index (κ3) is 3.97. The molecule has 1 aromatic heterocycles. The molecule has 6 nitrogen and oxygen atoms in total. The molecule has 1 amide bonds. The number of anilines is 1. The summed E-state index contributed by atoms with van der Waals surface area (Å²) in [5, 5.41) is 11.3. The summed E-state index contributed by atoms with van der Waals surface area (Å²) in [7, 11) is 0. The number of carboxylic acid groups (broad SMARTS) is 1. The second-order valence-electron chi connectivity index (χ2n) is 4.33. The number of benzene rings is 1. The Morgan fingerprint density at radius 1 is 1.24 bits per heavy atom. The number of aliphatic carboxylic acids is 1.